The van der Waals surface area contributed by atoms with Crippen molar-refractivity contribution in [2.75, 3.05) is 5.88 Å². The van der Waals surface area contributed by atoms with Crippen LogP contribution in [-0.2, 0) is 6.42 Å². The van der Waals surface area contributed by atoms with E-state index in [4.69, 9.17) is 21.8 Å². The average Bonchev–Trinajstić information content (AvgIpc) is 2.71. The molecular formula is C12H14ClN3O. The van der Waals surface area contributed by atoms with E-state index in [1.54, 1.807) is 0 Å². The van der Waals surface area contributed by atoms with Crippen LogP contribution in [0.25, 0.3) is 11.1 Å². The summed E-state index contributed by atoms with van der Waals surface area (Å²) in [5, 5.41) is 0. The molecule has 0 amide bonds. The second-order valence-electron chi connectivity index (χ2n) is 3.75. The molecule has 2 N–H and O–H groups in total. The second kappa shape index (κ2) is 5.19. The molecular weight excluding hydrogens is 238 g/mol. The Hall–Kier alpha value is -1.55. The standard InChI is InChI=1S/C12H14ClN3O/c1-2-3-12-16-9-5-4-8(6-10(9)17-12)15-11(14)7-13/h4-6H,2-3,7H2,1H3,(H2,14,15). The van der Waals surface area contributed by atoms with Gasteiger partial charge in [-0.05, 0) is 18.6 Å². The van der Waals surface area contributed by atoms with Gasteiger partial charge in [0.1, 0.15) is 11.4 Å². The Morgan fingerprint density at radius 3 is 3.06 bits per heavy atom. The first-order valence-corrected chi connectivity index (χ1v) is 6.05. The fraction of sp³-hybridized carbons (Fsp3) is 0.333. The van der Waals surface area contributed by atoms with E-state index in [0.717, 1.165) is 35.5 Å². The lowest BCUT2D eigenvalue weighted by molar-refractivity contribution is 0.525. The molecule has 1 aromatic heterocycles. The first-order valence-electron chi connectivity index (χ1n) is 5.51. The van der Waals surface area contributed by atoms with E-state index in [-0.39, 0.29) is 5.88 Å². The van der Waals surface area contributed by atoms with E-state index in [9.17, 15) is 0 Å². The molecule has 4 nitrogen and oxygen atoms in total. The number of hydrogen-bond donors (Lipinski definition) is 1. The van der Waals surface area contributed by atoms with E-state index in [2.05, 4.69) is 16.9 Å². The first kappa shape index (κ1) is 11.9. The molecule has 2 rings (SSSR count). The lowest BCUT2D eigenvalue weighted by atomic mass is 10.3. The second-order valence-corrected chi connectivity index (χ2v) is 4.01. The van der Waals surface area contributed by atoms with E-state index in [1.165, 1.54) is 0 Å². The average molecular weight is 252 g/mol. The molecule has 0 atom stereocenters. The number of alkyl halides is 1. The molecule has 90 valence electrons. The van der Waals surface area contributed by atoms with E-state index in [0.29, 0.717) is 5.84 Å². The zero-order chi connectivity index (χ0) is 12.3. The van der Waals surface area contributed by atoms with Gasteiger partial charge in [0.25, 0.3) is 0 Å². The maximum absolute atomic E-state index is 5.61. The zero-order valence-electron chi connectivity index (χ0n) is 9.61. The van der Waals surface area contributed by atoms with Crippen LogP contribution in [0.1, 0.15) is 19.2 Å². The van der Waals surface area contributed by atoms with Crippen LogP contribution in [0.5, 0.6) is 0 Å². The normalized spacial score (nSPS) is 12.2. The van der Waals surface area contributed by atoms with Crippen molar-refractivity contribution in [1.29, 1.82) is 0 Å². The van der Waals surface area contributed by atoms with Crippen molar-refractivity contribution >= 4 is 34.2 Å². The Kier molecular flexibility index (Phi) is 3.64. The van der Waals surface area contributed by atoms with Gasteiger partial charge in [0, 0.05) is 12.5 Å². The third-order valence-electron chi connectivity index (χ3n) is 2.29. The molecule has 0 aliphatic carbocycles. The van der Waals surface area contributed by atoms with Crippen LogP contribution in [0.3, 0.4) is 0 Å². The highest BCUT2D eigenvalue weighted by atomic mass is 35.5. The van der Waals surface area contributed by atoms with Crippen LogP contribution in [0, 0.1) is 0 Å². The highest BCUT2D eigenvalue weighted by Crippen LogP contribution is 2.22. The minimum absolute atomic E-state index is 0.218. The van der Waals surface area contributed by atoms with Gasteiger partial charge in [0.2, 0.25) is 0 Å². The van der Waals surface area contributed by atoms with Gasteiger partial charge in [0.15, 0.2) is 11.5 Å². The van der Waals surface area contributed by atoms with Crippen LogP contribution < -0.4 is 5.73 Å². The number of aryl methyl sites for hydroxylation is 1. The molecule has 1 heterocycles. The lowest BCUT2D eigenvalue weighted by Gasteiger charge is -1.95. The first-order chi connectivity index (χ1) is 8.22. The summed E-state index contributed by atoms with van der Waals surface area (Å²) in [6.07, 6.45) is 1.86. The number of nitrogens with two attached hydrogens (primary N) is 1. The lowest BCUT2D eigenvalue weighted by Crippen LogP contribution is -2.12. The highest BCUT2D eigenvalue weighted by molar-refractivity contribution is 6.28. The number of amidine groups is 1. The Balaban J connectivity index is 2.36. The molecule has 0 bridgehead atoms. The summed E-state index contributed by atoms with van der Waals surface area (Å²) in [7, 11) is 0. The summed E-state index contributed by atoms with van der Waals surface area (Å²) in [6, 6.07) is 5.54. The van der Waals surface area contributed by atoms with Gasteiger partial charge in [-0.2, -0.15) is 0 Å². The van der Waals surface area contributed by atoms with Crippen molar-refractivity contribution in [3.05, 3.63) is 24.1 Å². The third kappa shape index (κ3) is 2.77. The Morgan fingerprint density at radius 2 is 2.35 bits per heavy atom. The van der Waals surface area contributed by atoms with Crippen molar-refractivity contribution < 1.29 is 4.42 Å². The summed E-state index contributed by atoms with van der Waals surface area (Å²) in [6.45, 7) is 2.09. The fourth-order valence-corrected chi connectivity index (χ4v) is 1.61. The van der Waals surface area contributed by atoms with Gasteiger partial charge >= 0.3 is 0 Å². The van der Waals surface area contributed by atoms with Crippen molar-refractivity contribution in [3.8, 4) is 0 Å². The van der Waals surface area contributed by atoms with Crippen molar-refractivity contribution in [1.82, 2.24) is 4.98 Å². The minimum atomic E-state index is 0.218. The summed E-state index contributed by atoms with van der Waals surface area (Å²) in [4.78, 5) is 8.53. The monoisotopic (exact) mass is 251 g/mol. The van der Waals surface area contributed by atoms with E-state index < -0.39 is 0 Å². The minimum Gasteiger partial charge on any atom is -0.441 e. The number of nitrogens with zero attached hydrogens (tertiary/aromatic N) is 2. The van der Waals surface area contributed by atoms with E-state index >= 15 is 0 Å². The fourth-order valence-electron chi connectivity index (χ4n) is 1.55. The van der Waals surface area contributed by atoms with Gasteiger partial charge in [-0.1, -0.05) is 6.92 Å². The molecule has 0 radical (unpaired) electrons. The Labute approximate surface area is 104 Å². The summed E-state index contributed by atoms with van der Waals surface area (Å²) >= 11 is 5.57. The largest absolute Gasteiger partial charge is 0.441 e. The van der Waals surface area contributed by atoms with Crippen LogP contribution in [0.2, 0.25) is 0 Å². The van der Waals surface area contributed by atoms with Gasteiger partial charge in [-0.25, -0.2) is 9.98 Å². The Bertz CT molecular complexity index is 548. The van der Waals surface area contributed by atoms with Crippen LogP contribution >= 0.6 is 11.6 Å². The SMILES string of the molecule is CCCc1nc2ccc(N=C(N)CCl)cc2o1. The van der Waals surface area contributed by atoms with Gasteiger partial charge in [-0.3, -0.25) is 0 Å². The molecule has 17 heavy (non-hydrogen) atoms. The number of aromatic nitrogens is 1. The molecule has 0 saturated heterocycles. The van der Waals surface area contributed by atoms with Gasteiger partial charge in [-0.15, -0.1) is 11.6 Å². The Morgan fingerprint density at radius 1 is 1.53 bits per heavy atom. The van der Waals surface area contributed by atoms with E-state index in [1.807, 2.05) is 18.2 Å². The van der Waals surface area contributed by atoms with Crippen LogP contribution in [0.4, 0.5) is 5.69 Å². The van der Waals surface area contributed by atoms with Crippen molar-refractivity contribution in [3.63, 3.8) is 0 Å². The molecule has 0 spiro atoms. The maximum Gasteiger partial charge on any atom is 0.195 e. The van der Waals surface area contributed by atoms with Crippen molar-refractivity contribution in [2.24, 2.45) is 10.7 Å². The molecule has 2 aromatic rings. The molecule has 0 unspecified atom stereocenters. The summed E-state index contributed by atoms with van der Waals surface area (Å²) < 4.78 is 5.61. The molecule has 1 aromatic carbocycles. The quantitative estimate of drug-likeness (QED) is 0.516. The number of halogens is 1. The number of hydrogen-bond acceptors (Lipinski definition) is 3. The summed E-state index contributed by atoms with van der Waals surface area (Å²) in [5.74, 6) is 1.36. The molecule has 5 heteroatoms. The molecule has 0 fully saturated rings. The van der Waals surface area contributed by atoms with Gasteiger partial charge < -0.3 is 10.2 Å². The number of benzene rings is 1. The topological polar surface area (TPSA) is 64.4 Å². The molecule has 0 aliphatic rings. The van der Waals surface area contributed by atoms with Gasteiger partial charge in [0.05, 0.1) is 11.6 Å². The zero-order valence-corrected chi connectivity index (χ0v) is 10.4. The van der Waals surface area contributed by atoms with Crippen LogP contribution in [-0.4, -0.2) is 16.7 Å². The highest BCUT2D eigenvalue weighted by Gasteiger charge is 2.05. The predicted molar refractivity (Wildman–Crippen MR) is 70.0 cm³/mol. The number of oxazole rings is 1. The number of fused-ring (bicyclic) bond motifs is 1. The van der Waals surface area contributed by atoms with Crippen LogP contribution in [0.15, 0.2) is 27.6 Å². The maximum atomic E-state index is 5.61. The molecule has 0 saturated carbocycles. The third-order valence-corrected chi connectivity index (χ3v) is 2.56. The van der Waals surface area contributed by atoms with Crippen molar-refractivity contribution in [2.45, 2.75) is 19.8 Å². The smallest absolute Gasteiger partial charge is 0.195 e. The summed E-state index contributed by atoms with van der Waals surface area (Å²) in [5.41, 5.74) is 7.88. The predicted octanol–water partition coefficient (Wildman–Crippen LogP) is 3.01. The number of aliphatic imine (C=N–C) groups is 1. The number of rotatable bonds is 4. The molecule has 0 aliphatic heterocycles.